The van der Waals surface area contributed by atoms with E-state index in [9.17, 15) is 15.3 Å². The molecule has 0 fully saturated rings. The lowest BCUT2D eigenvalue weighted by molar-refractivity contribution is 0.0950. The maximum Gasteiger partial charge on any atom is 0.256 e. The molecule has 9 nitrogen and oxygen atoms in total. The Morgan fingerprint density at radius 3 is 2.71 bits per heavy atom. The maximum absolute atomic E-state index is 12.8. The van der Waals surface area contributed by atoms with Crippen molar-refractivity contribution >= 4 is 34.2 Å². The second kappa shape index (κ2) is 9.18. The monoisotopic (exact) mass is 470 g/mol. The van der Waals surface area contributed by atoms with Gasteiger partial charge in [-0.1, -0.05) is 11.6 Å². The highest BCUT2D eigenvalue weighted by molar-refractivity contribution is 6.31. The fourth-order valence-electron chi connectivity index (χ4n) is 3.82. The van der Waals surface area contributed by atoms with Crippen LogP contribution >= 0.6 is 11.6 Å². The molecule has 0 saturated carbocycles. The Labute approximate surface area is 200 Å². The molecule has 4 rings (SSSR count). The summed E-state index contributed by atoms with van der Waals surface area (Å²) in [7, 11) is 0. The first kappa shape index (κ1) is 22.7. The lowest BCUT2D eigenvalue weighted by Crippen LogP contribution is -2.24. The molecule has 0 unspecified atom stereocenters. The summed E-state index contributed by atoms with van der Waals surface area (Å²) in [4.78, 5) is 21.3. The van der Waals surface area contributed by atoms with Gasteiger partial charge in [0.25, 0.3) is 5.91 Å². The van der Waals surface area contributed by atoms with Gasteiger partial charge in [-0.15, -0.1) is 0 Å². The van der Waals surface area contributed by atoms with Crippen molar-refractivity contribution in [3.05, 3.63) is 80.9 Å². The zero-order chi connectivity index (χ0) is 24.4. The van der Waals surface area contributed by atoms with Crippen molar-refractivity contribution in [2.75, 3.05) is 5.73 Å². The number of nitriles is 2. The largest absolute Gasteiger partial charge is 0.384 e. The SMILES string of the molecule is Cc1cc(N)nc(C)c1CNC(=O)c1cn(Cc2cc(C#N)c3ncc(Cl)cc3c2)nc1C#N. The number of hydrogen-bond acceptors (Lipinski definition) is 7. The number of aryl methyl sites for hydroxylation is 2. The Morgan fingerprint density at radius 2 is 2.00 bits per heavy atom. The van der Waals surface area contributed by atoms with E-state index >= 15 is 0 Å². The summed E-state index contributed by atoms with van der Waals surface area (Å²) in [5.74, 6) is -0.00458. The van der Waals surface area contributed by atoms with E-state index in [2.05, 4.69) is 26.5 Å². The zero-order valence-electron chi connectivity index (χ0n) is 18.4. The van der Waals surface area contributed by atoms with Crippen LogP contribution in [-0.2, 0) is 13.1 Å². The number of benzene rings is 1. The van der Waals surface area contributed by atoms with Gasteiger partial charge >= 0.3 is 0 Å². The number of fused-ring (bicyclic) bond motifs is 1. The number of nitrogens with zero attached hydrogens (tertiary/aromatic N) is 6. The first-order chi connectivity index (χ1) is 16.3. The molecule has 3 N–H and O–H groups in total. The highest BCUT2D eigenvalue weighted by atomic mass is 35.5. The van der Waals surface area contributed by atoms with Crippen LogP contribution in [0.25, 0.3) is 10.9 Å². The third-order valence-electron chi connectivity index (χ3n) is 5.39. The molecular weight excluding hydrogens is 452 g/mol. The van der Waals surface area contributed by atoms with Crippen molar-refractivity contribution in [2.24, 2.45) is 0 Å². The quantitative estimate of drug-likeness (QED) is 0.454. The third-order valence-corrected chi connectivity index (χ3v) is 5.59. The van der Waals surface area contributed by atoms with E-state index in [1.54, 1.807) is 18.2 Å². The molecule has 34 heavy (non-hydrogen) atoms. The van der Waals surface area contributed by atoms with E-state index in [1.165, 1.54) is 17.1 Å². The number of halogens is 1. The van der Waals surface area contributed by atoms with Gasteiger partial charge in [0.05, 0.1) is 28.2 Å². The molecule has 0 bridgehead atoms. The molecule has 0 aliphatic carbocycles. The molecule has 4 aromatic rings. The number of pyridine rings is 2. The van der Waals surface area contributed by atoms with Crippen molar-refractivity contribution in [1.82, 2.24) is 25.1 Å². The molecule has 0 saturated heterocycles. The van der Waals surface area contributed by atoms with Crippen LogP contribution in [0.5, 0.6) is 0 Å². The van der Waals surface area contributed by atoms with Gasteiger partial charge < -0.3 is 11.1 Å². The summed E-state index contributed by atoms with van der Waals surface area (Å²) in [6.45, 7) is 4.21. The molecule has 0 spiro atoms. The normalized spacial score (nSPS) is 10.6. The van der Waals surface area contributed by atoms with Crippen molar-refractivity contribution < 1.29 is 4.79 Å². The molecular formula is C24H19ClN8O. The van der Waals surface area contributed by atoms with Crippen LogP contribution in [0.4, 0.5) is 5.82 Å². The van der Waals surface area contributed by atoms with Crippen LogP contribution in [0.1, 0.15) is 44.0 Å². The predicted molar refractivity (Wildman–Crippen MR) is 127 cm³/mol. The van der Waals surface area contributed by atoms with Gasteiger partial charge in [-0.05, 0) is 54.8 Å². The van der Waals surface area contributed by atoms with Gasteiger partial charge in [0.15, 0.2) is 5.69 Å². The number of nitrogen functional groups attached to an aromatic ring is 1. The Hall–Kier alpha value is -4.47. The number of amides is 1. The smallest absolute Gasteiger partial charge is 0.256 e. The highest BCUT2D eigenvalue weighted by Crippen LogP contribution is 2.23. The summed E-state index contributed by atoms with van der Waals surface area (Å²) in [6.07, 6.45) is 3.01. The molecule has 3 aromatic heterocycles. The van der Waals surface area contributed by atoms with Crippen LogP contribution in [-0.4, -0.2) is 25.7 Å². The summed E-state index contributed by atoms with van der Waals surface area (Å²) < 4.78 is 1.50. The molecule has 1 aromatic carbocycles. The van der Waals surface area contributed by atoms with Crippen molar-refractivity contribution in [1.29, 1.82) is 10.5 Å². The molecule has 168 valence electrons. The Balaban J connectivity index is 1.58. The van der Waals surface area contributed by atoms with E-state index in [4.69, 9.17) is 17.3 Å². The summed E-state index contributed by atoms with van der Waals surface area (Å²) in [6, 6.07) is 11.1. The second-order valence-corrected chi connectivity index (χ2v) is 8.23. The molecule has 0 aliphatic heterocycles. The van der Waals surface area contributed by atoms with Gasteiger partial charge in [0, 0.05) is 30.0 Å². The molecule has 1 amide bonds. The number of nitrogens with one attached hydrogen (secondary N) is 1. The molecule has 0 atom stereocenters. The Bertz CT molecular complexity index is 1500. The minimum atomic E-state index is -0.425. The lowest BCUT2D eigenvalue weighted by atomic mass is 10.1. The Kier molecular flexibility index (Phi) is 6.13. The lowest BCUT2D eigenvalue weighted by Gasteiger charge is -2.11. The molecule has 0 aliphatic rings. The molecule has 0 radical (unpaired) electrons. The number of carbonyl (C=O) groups excluding carboxylic acids is 1. The number of rotatable bonds is 5. The second-order valence-electron chi connectivity index (χ2n) is 7.79. The number of carbonyl (C=O) groups is 1. The van der Waals surface area contributed by atoms with E-state index in [0.29, 0.717) is 21.9 Å². The van der Waals surface area contributed by atoms with Crippen LogP contribution in [0.3, 0.4) is 0 Å². The van der Waals surface area contributed by atoms with Gasteiger partial charge in [-0.3, -0.25) is 14.5 Å². The van der Waals surface area contributed by atoms with Crippen LogP contribution in [0, 0.1) is 36.5 Å². The first-order valence-corrected chi connectivity index (χ1v) is 10.6. The fraction of sp³-hybridized carbons (Fsp3) is 0.167. The summed E-state index contributed by atoms with van der Waals surface area (Å²) in [5, 5.41) is 27.3. The van der Waals surface area contributed by atoms with Crippen LogP contribution in [0.15, 0.2) is 36.7 Å². The van der Waals surface area contributed by atoms with Gasteiger partial charge in [-0.25, -0.2) is 4.98 Å². The third kappa shape index (κ3) is 4.51. The average molecular weight is 471 g/mol. The number of anilines is 1. The molecule has 3 heterocycles. The minimum Gasteiger partial charge on any atom is -0.384 e. The van der Waals surface area contributed by atoms with E-state index in [0.717, 1.165) is 27.8 Å². The zero-order valence-corrected chi connectivity index (χ0v) is 19.2. The van der Waals surface area contributed by atoms with Crippen LogP contribution < -0.4 is 11.1 Å². The Morgan fingerprint density at radius 1 is 1.21 bits per heavy atom. The van der Waals surface area contributed by atoms with Gasteiger partial charge in [0.2, 0.25) is 0 Å². The van der Waals surface area contributed by atoms with Gasteiger partial charge in [-0.2, -0.15) is 15.6 Å². The van der Waals surface area contributed by atoms with Crippen LogP contribution in [0.2, 0.25) is 5.02 Å². The van der Waals surface area contributed by atoms with Gasteiger partial charge in [0.1, 0.15) is 18.0 Å². The van der Waals surface area contributed by atoms with E-state index in [-0.39, 0.29) is 24.3 Å². The summed E-state index contributed by atoms with van der Waals surface area (Å²) >= 11 is 6.05. The van der Waals surface area contributed by atoms with Crippen molar-refractivity contribution in [3.63, 3.8) is 0 Å². The highest BCUT2D eigenvalue weighted by Gasteiger charge is 2.18. The number of nitrogens with two attached hydrogens (primary N) is 1. The van der Waals surface area contributed by atoms with E-state index in [1.807, 2.05) is 26.0 Å². The number of aromatic nitrogens is 4. The van der Waals surface area contributed by atoms with E-state index < -0.39 is 5.91 Å². The van der Waals surface area contributed by atoms with Crippen molar-refractivity contribution in [2.45, 2.75) is 26.9 Å². The average Bonchev–Trinajstić information content (AvgIpc) is 3.20. The predicted octanol–water partition coefficient (Wildman–Crippen LogP) is 3.40. The molecule has 10 heteroatoms. The minimum absolute atomic E-state index is 0.00684. The standard InChI is InChI=1S/C24H19ClN8O/c1-13-3-22(28)31-14(2)19(13)10-30-24(34)20-12-33(32-21(20)8-27)11-15-4-16-6-18(25)9-29-23(16)17(5-15)7-26/h3-6,9,12H,10-11H2,1-2H3,(H2,28,31)(H,30,34). The fourth-order valence-corrected chi connectivity index (χ4v) is 3.99. The number of hydrogen-bond donors (Lipinski definition) is 2. The first-order valence-electron chi connectivity index (χ1n) is 10.3. The topological polar surface area (TPSA) is 146 Å². The summed E-state index contributed by atoms with van der Waals surface area (Å²) in [5.41, 5.74) is 10.1. The maximum atomic E-state index is 12.8. The van der Waals surface area contributed by atoms with Crippen molar-refractivity contribution in [3.8, 4) is 12.1 Å².